The van der Waals surface area contributed by atoms with Crippen LogP contribution in [0.25, 0.3) is 44.2 Å². The Bertz CT molecular complexity index is 2580. The van der Waals surface area contributed by atoms with Gasteiger partial charge >= 0.3 is 6.09 Å². The van der Waals surface area contributed by atoms with Gasteiger partial charge < -0.3 is 44.6 Å². The van der Waals surface area contributed by atoms with Crippen LogP contribution in [0.4, 0.5) is 4.79 Å². The molecule has 15 heteroatoms. The van der Waals surface area contributed by atoms with Gasteiger partial charge in [-0.3, -0.25) is 14.4 Å². The standard InChI is InChI=1S/C48H58N8O7/c1-24(2)41(54-48(60)61-7)46(58)56-26(4)9-15-39(56)45-51-36-13-11-29-20-35-33-12-10-30(19-32(33)23-63-40(35)21-34(29)43(36)53-45)37-22-49-44(52-37)38-14-8-25(3)55(38)47(59)42(50-28(6)57)31-16-17-62-27(5)18-31/h10-13,19-22,24-27,31,38-39,41-42H,8-9,14-18,23H2,1-7H3,(H,49,52)(H,50,57)(H,51,53)(H,54,60)/t25-,26-,27+,31?,38-,39-,41-,42-/m0/s1. The predicted molar refractivity (Wildman–Crippen MR) is 237 cm³/mol. The van der Waals surface area contributed by atoms with Gasteiger partial charge in [0.05, 0.1) is 48.2 Å². The summed E-state index contributed by atoms with van der Waals surface area (Å²) in [4.78, 5) is 73.7. The number of aromatic nitrogens is 4. The van der Waals surface area contributed by atoms with Crippen molar-refractivity contribution < 1.29 is 33.4 Å². The maximum absolute atomic E-state index is 14.3. The summed E-state index contributed by atoms with van der Waals surface area (Å²) in [6.45, 7) is 12.4. The minimum atomic E-state index is -0.725. The van der Waals surface area contributed by atoms with Crippen LogP contribution < -0.4 is 15.4 Å². The van der Waals surface area contributed by atoms with E-state index in [1.165, 1.54) is 14.0 Å². The molecule has 0 aliphatic carbocycles. The van der Waals surface area contributed by atoms with Crippen molar-refractivity contribution in [2.24, 2.45) is 11.8 Å². The molecule has 8 atom stereocenters. The molecular formula is C48H58N8O7. The zero-order chi connectivity index (χ0) is 44.3. The lowest BCUT2D eigenvalue weighted by molar-refractivity contribution is -0.142. The summed E-state index contributed by atoms with van der Waals surface area (Å²) in [6, 6.07) is 12.9. The molecule has 0 radical (unpaired) electrons. The molecule has 4 aliphatic heterocycles. The highest BCUT2D eigenvalue weighted by Crippen LogP contribution is 2.44. The number of benzene rings is 3. The van der Waals surface area contributed by atoms with Gasteiger partial charge in [-0.2, -0.15) is 0 Å². The van der Waals surface area contributed by atoms with Gasteiger partial charge in [-0.05, 0) is 117 Å². The summed E-state index contributed by atoms with van der Waals surface area (Å²) < 4.78 is 17.1. The van der Waals surface area contributed by atoms with Gasteiger partial charge in [0.15, 0.2) is 0 Å². The molecule has 2 aromatic heterocycles. The Morgan fingerprint density at radius 3 is 2.32 bits per heavy atom. The van der Waals surface area contributed by atoms with E-state index in [2.05, 4.69) is 63.9 Å². The first kappa shape index (κ1) is 42.3. The lowest BCUT2D eigenvalue weighted by atomic mass is 9.87. The van der Waals surface area contributed by atoms with Gasteiger partial charge in [0.1, 0.15) is 36.1 Å². The highest BCUT2D eigenvalue weighted by atomic mass is 16.5. The molecule has 0 saturated carbocycles. The van der Waals surface area contributed by atoms with Crippen LogP contribution >= 0.6 is 0 Å². The second-order valence-electron chi connectivity index (χ2n) is 18.4. The van der Waals surface area contributed by atoms with Gasteiger partial charge in [-0.1, -0.05) is 32.0 Å². The molecule has 4 amide bonds. The Morgan fingerprint density at radius 1 is 0.857 bits per heavy atom. The zero-order valence-electron chi connectivity index (χ0n) is 37.1. The van der Waals surface area contributed by atoms with E-state index >= 15 is 0 Å². The minimum absolute atomic E-state index is 0.00394. The number of likely N-dealkylation sites (tertiary alicyclic amines) is 2. The van der Waals surface area contributed by atoms with E-state index in [0.29, 0.717) is 13.2 Å². The largest absolute Gasteiger partial charge is 0.488 e. The molecular weight excluding hydrogens is 801 g/mol. The van der Waals surface area contributed by atoms with Crippen molar-refractivity contribution in [3.63, 3.8) is 0 Å². The van der Waals surface area contributed by atoms with Gasteiger partial charge in [0, 0.05) is 36.6 Å². The molecule has 6 heterocycles. The zero-order valence-corrected chi connectivity index (χ0v) is 37.1. The fourth-order valence-corrected chi connectivity index (χ4v) is 10.5. The van der Waals surface area contributed by atoms with Crippen LogP contribution in [0.2, 0.25) is 0 Å². The number of H-pyrrole nitrogens is 2. The molecule has 3 fully saturated rings. The van der Waals surface area contributed by atoms with Gasteiger partial charge in [-0.25, -0.2) is 14.8 Å². The number of hydrogen-bond acceptors (Lipinski definition) is 9. The van der Waals surface area contributed by atoms with Crippen molar-refractivity contribution in [1.29, 1.82) is 0 Å². The highest BCUT2D eigenvalue weighted by Gasteiger charge is 2.44. The van der Waals surface area contributed by atoms with E-state index in [4.69, 9.17) is 24.2 Å². The van der Waals surface area contributed by atoms with E-state index in [0.717, 1.165) is 106 Å². The Labute approximate surface area is 367 Å². The van der Waals surface area contributed by atoms with Crippen LogP contribution in [-0.2, 0) is 30.5 Å². The van der Waals surface area contributed by atoms with Crippen LogP contribution in [0.1, 0.15) is 109 Å². The number of amides is 4. The summed E-state index contributed by atoms with van der Waals surface area (Å²) in [5.41, 5.74) is 6.65. The molecule has 5 aromatic rings. The number of methoxy groups -OCH3 is 1. The van der Waals surface area contributed by atoms with E-state index in [-0.39, 0.29) is 59.8 Å². The molecule has 1 unspecified atom stereocenters. The third-order valence-corrected chi connectivity index (χ3v) is 13.8. The lowest BCUT2D eigenvalue weighted by Crippen LogP contribution is -2.54. The van der Waals surface area contributed by atoms with Crippen molar-refractivity contribution in [1.82, 2.24) is 40.4 Å². The molecule has 63 heavy (non-hydrogen) atoms. The first-order valence-electron chi connectivity index (χ1n) is 22.4. The van der Waals surface area contributed by atoms with Crippen LogP contribution in [0, 0.1) is 11.8 Å². The topological polar surface area (TPSA) is 184 Å². The molecule has 15 nitrogen and oxygen atoms in total. The quantitative estimate of drug-likeness (QED) is 0.117. The highest BCUT2D eigenvalue weighted by molar-refractivity contribution is 6.07. The second-order valence-corrected chi connectivity index (χ2v) is 18.4. The molecule has 332 valence electrons. The van der Waals surface area contributed by atoms with Crippen LogP contribution in [0.3, 0.4) is 0 Å². The fraction of sp³-hybridized carbons (Fsp3) is 0.500. The summed E-state index contributed by atoms with van der Waals surface area (Å²) in [7, 11) is 1.30. The first-order valence-corrected chi connectivity index (χ1v) is 22.4. The molecule has 3 aromatic carbocycles. The first-order chi connectivity index (χ1) is 30.3. The van der Waals surface area contributed by atoms with E-state index < -0.39 is 18.2 Å². The average Bonchev–Trinajstić information content (AvgIpc) is 4.09. The number of alkyl carbamates (subject to hydrolysis) is 1. The van der Waals surface area contributed by atoms with Crippen molar-refractivity contribution in [2.45, 2.75) is 129 Å². The number of nitrogens with one attached hydrogen (secondary N) is 4. The number of fused-ring (bicyclic) bond motifs is 6. The molecule has 9 rings (SSSR count). The molecule has 4 N–H and O–H groups in total. The van der Waals surface area contributed by atoms with Crippen LogP contribution in [0.15, 0.2) is 48.7 Å². The monoisotopic (exact) mass is 858 g/mol. The Morgan fingerprint density at radius 2 is 1.60 bits per heavy atom. The number of carbonyl (C=O) groups excluding carboxylic acids is 4. The summed E-state index contributed by atoms with van der Waals surface area (Å²) in [5.74, 6) is 1.68. The van der Waals surface area contributed by atoms with Crippen molar-refractivity contribution in [2.75, 3.05) is 13.7 Å². The van der Waals surface area contributed by atoms with E-state index in [9.17, 15) is 19.2 Å². The number of ether oxygens (including phenoxy) is 3. The average molecular weight is 859 g/mol. The maximum atomic E-state index is 14.3. The number of nitrogens with zero attached hydrogens (tertiary/aromatic N) is 4. The third-order valence-electron chi connectivity index (χ3n) is 13.8. The number of aromatic amines is 2. The Hall–Kier alpha value is -5.96. The maximum Gasteiger partial charge on any atom is 0.407 e. The number of imidazole rings is 2. The van der Waals surface area contributed by atoms with Crippen LogP contribution in [-0.4, -0.2) is 97.5 Å². The smallest absolute Gasteiger partial charge is 0.407 e. The Kier molecular flexibility index (Phi) is 11.4. The molecule has 0 spiro atoms. The lowest BCUT2D eigenvalue weighted by Gasteiger charge is -2.37. The molecule has 4 aliphatic rings. The van der Waals surface area contributed by atoms with Gasteiger partial charge in [0.2, 0.25) is 17.7 Å². The SMILES string of the molecule is COC(=O)N[C@H](C(=O)N1[C@@H](C)CC[C@H]1c1nc2c(ccc3cc4c(cc32)OCc2cc(-c3cnc([C@@H]5CC[C@H](C)N5C(=O)[C@@H](NC(C)=O)C5CCO[C@H](C)C5)[nH]3)ccc2-4)[nH]1)C(C)C. The summed E-state index contributed by atoms with van der Waals surface area (Å²) in [6.07, 6.45) is 5.87. The normalized spacial score (nSPS) is 24.2. The van der Waals surface area contributed by atoms with E-state index in [1.54, 1.807) is 0 Å². The van der Waals surface area contributed by atoms with Gasteiger partial charge in [-0.15, -0.1) is 0 Å². The van der Waals surface area contributed by atoms with Crippen molar-refractivity contribution >= 4 is 45.6 Å². The fourth-order valence-electron chi connectivity index (χ4n) is 10.5. The molecule has 0 bridgehead atoms. The number of hydrogen-bond donors (Lipinski definition) is 4. The number of carbonyl (C=O) groups is 4. The molecule has 3 saturated heterocycles. The van der Waals surface area contributed by atoms with Crippen LogP contribution in [0.5, 0.6) is 5.75 Å². The second kappa shape index (κ2) is 17.0. The third kappa shape index (κ3) is 7.89. The Balaban J connectivity index is 0.960. The van der Waals surface area contributed by atoms with Gasteiger partial charge in [0.25, 0.3) is 0 Å². The predicted octanol–water partition coefficient (Wildman–Crippen LogP) is 7.47. The minimum Gasteiger partial charge on any atom is -0.488 e. The van der Waals surface area contributed by atoms with Crippen molar-refractivity contribution in [3.05, 3.63) is 65.9 Å². The van der Waals surface area contributed by atoms with E-state index in [1.807, 2.05) is 49.8 Å². The number of rotatable bonds is 9. The van der Waals surface area contributed by atoms with Crippen molar-refractivity contribution in [3.8, 4) is 28.1 Å². The summed E-state index contributed by atoms with van der Waals surface area (Å²) in [5, 5.41) is 7.71. The summed E-state index contributed by atoms with van der Waals surface area (Å²) >= 11 is 0.